The summed E-state index contributed by atoms with van der Waals surface area (Å²) in [7, 11) is 0. The summed E-state index contributed by atoms with van der Waals surface area (Å²) in [6.07, 6.45) is 1.06. The molecule has 2 unspecified atom stereocenters. The Balaban J connectivity index is 1.69. The zero-order valence-electron chi connectivity index (χ0n) is 22.8. The predicted octanol–water partition coefficient (Wildman–Crippen LogP) is 6.01. The number of benzene rings is 3. The average Bonchev–Trinajstić information content (AvgIpc) is 3.01. The number of carbonyl (C=O) groups excluding carboxylic acids is 3. The Hall–Kier alpha value is -3.84. The molecule has 0 spiro atoms. The summed E-state index contributed by atoms with van der Waals surface area (Å²) in [6, 6.07) is 21.1. The summed E-state index contributed by atoms with van der Waals surface area (Å²) in [6.45, 7) is 7.69. The van der Waals surface area contributed by atoms with E-state index in [1.54, 1.807) is 0 Å². The van der Waals surface area contributed by atoms with Crippen LogP contribution in [0.3, 0.4) is 0 Å². The minimum atomic E-state index is -0.879. The fourth-order valence-electron chi connectivity index (χ4n) is 4.70. The molecule has 8 heteroatoms. The van der Waals surface area contributed by atoms with Crippen molar-refractivity contribution in [3.05, 3.63) is 94.5 Å². The maximum Gasteiger partial charge on any atom is 0.319 e. The van der Waals surface area contributed by atoms with Gasteiger partial charge < -0.3 is 20.9 Å². The van der Waals surface area contributed by atoms with Crippen LogP contribution in [0.2, 0.25) is 5.02 Å². The van der Waals surface area contributed by atoms with E-state index in [0.29, 0.717) is 22.8 Å². The van der Waals surface area contributed by atoms with Gasteiger partial charge in [0.05, 0.1) is 0 Å². The third-order valence-electron chi connectivity index (χ3n) is 7.19. The first kappa shape index (κ1) is 28.2. The van der Waals surface area contributed by atoms with Gasteiger partial charge in [0, 0.05) is 27.9 Å². The maximum atomic E-state index is 14.0. The molecule has 1 aliphatic heterocycles. The average molecular weight is 547 g/mol. The first-order chi connectivity index (χ1) is 18.6. The van der Waals surface area contributed by atoms with Gasteiger partial charge in [0.15, 0.2) is 0 Å². The van der Waals surface area contributed by atoms with Crippen molar-refractivity contribution in [2.45, 2.75) is 58.0 Å². The molecule has 7 nitrogen and oxygen atoms in total. The van der Waals surface area contributed by atoms with Gasteiger partial charge in [0.25, 0.3) is 0 Å². The van der Waals surface area contributed by atoms with Crippen LogP contribution in [0.4, 0.5) is 16.2 Å². The highest BCUT2D eigenvalue weighted by atomic mass is 35.5. The molecule has 1 heterocycles. The number of hydrogen-bond donors (Lipinski definition) is 3. The predicted molar refractivity (Wildman–Crippen MR) is 156 cm³/mol. The molecule has 3 aromatic carbocycles. The van der Waals surface area contributed by atoms with Crippen molar-refractivity contribution in [2.24, 2.45) is 0 Å². The maximum absolute atomic E-state index is 14.0. The van der Waals surface area contributed by atoms with Crippen LogP contribution in [-0.4, -0.2) is 36.0 Å². The minimum absolute atomic E-state index is 0.162. The van der Waals surface area contributed by atoms with Crippen molar-refractivity contribution in [1.29, 1.82) is 0 Å². The van der Waals surface area contributed by atoms with Crippen molar-refractivity contribution in [2.75, 3.05) is 16.8 Å². The van der Waals surface area contributed by atoms with Crippen molar-refractivity contribution in [3.8, 4) is 0 Å². The lowest BCUT2D eigenvalue weighted by atomic mass is 9.86. The van der Waals surface area contributed by atoms with E-state index in [2.05, 4.69) is 16.0 Å². The van der Waals surface area contributed by atoms with Crippen LogP contribution in [0.1, 0.15) is 56.2 Å². The highest BCUT2D eigenvalue weighted by Crippen LogP contribution is 2.39. The first-order valence-electron chi connectivity index (χ1n) is 13.2. The van der Waals surface area contributed by atoms with E-state index in [-0.39, 0.29) is 24.3 Å². The van der Waals surface area contributed by atoms with Gasteiger partial charge in [-0.2, -0.15) is 0 Å². The summed E-state index contributed by atoms with van der Waals surface area (Å²) in [5, 5.41) is 9.33. The van der Waals surface area contributed by atoms with Gasteiger partial charge >= 0.3 is 6.03 Å². The number of carbonyl (C=O) groups is 3. The van der Waals surface area contributed by atoms with E-state index >= 15 is 0 Å². The number of hydrogen-bond acceptors (Lipinski definition) is 3. The van der Waals surface area contributed by atoms with Crippen molar-refractivity contribution in [3.63, 3.8) is 0 Å². The number of halogens is 1. The van der Waals surface area contributed by atoms with Crippen molar-refractivity contribution < 1.29 is 14.4 Å². The lowest BCUT2D eigenvalue weighted by Gasteiger charge is -2.29. The molecule has 3 aromatic rings. The van der Waals surface area contributed by atoms with Crippen LogP contribution in [0.15, 0.2) is 72.8 Å². The molecule has 3 N–H and O–H groups in total. The van der Waals surface area contributed by atoms with Gasteiger partial charge in [-0.15, -0.1) is 0 Å². The number of nitrogens with zero attached hydrogens (tertiary/aromatic N) is 1. The van der Waals surface area contributed by atoms with Gasteiger partial charge in [-0.1, -0.05) is 66.6 Å². The third kappa shape index (κ3) is 6.98. The molecular formula is C31H35ClN4O3. The molecule has 204 valence electrons. The van der Waals surface area contributed by atoms with Crippen LogP contribution in [0.5, 0.6) is 0 Å². The third-order valence-corrected chi connectivity index (χ3v) is 7.44. The SMILES string of the molecule is CCC(C)(C)NC(=O)CN1C(=O)C(NC(=O)Nc2ccc(C)cc2)CC(c2ccc(Cl)cc2)c2ccccc21. The van der Waals surface area contributed by atoms with Crippen LogP contribution in [0.25, 0.3) is 0 Å². The Bertz CT molecular complexity index is 1340. The second-order valence-electron chi connectivity index (χ2n) is 10.6. The zero-order valence-corrected chi connectivity index (χ0v) is 23.5. The molecule has 0 saturated carbocycles. The van der Waals surface area contributed by atoms with Gasteiger partial charge in [-0.25, -0.2) is 4.79 Å². The second kappa shape index (κ2) is 11.9. The quantitative estimate of drug-likeness (QED) is 0.339. The smallest absolute Gasteiger partial charge is 0.319 e. The van der Waals surface area contributed by atoms with Gasteiger partial charge in [0.2, 0.25) is 11.8 Å². The molecule has 0 bridgehead atoms. The monoisotopic (exact) mass is 546 g/mol. The topological polar surface area (TPSA) is 90.5 Å². The standard InChI is InChI=1S/C31H35ClN4O3/c1-5-31(3,4)35-28(37)19-36-27-9-7-6-8-24(27)25(21-12-14-22(32)15-13-21)18-26(29(36)38)34-30(39)33-23-16-10-20(2)11-17-23/h6-17,25-26H,5,18-19H2,1-4H3,(H,35,37)(H2,33,34,39). The van der Waals surface area contributed by atoms with E-state index in [9.17, 15) is 14.4 Å². The number of fused-ring (bicyclic) bond motifs is 1. The Morgan fingerprint density at radius 2 is 1.67 bits per heavy atom. The molecule has 0 radical (unpaired) electrons. The van der Waals surface area contributed by atoms with Crippen LogP contribution in [-0.2, 0) is 9.59 Å². The van der Waals surface area contributed by atoms with E-state index in [1.807, 2.05) is 100 Å². The Morgan fingerprint density at radius 1 is 1.00 bits per heavy atom. The molecule has 0 aromatic heterocycles. The summed E-state index contributed by atoms with van der Waals surface area (Å²) in [5.41, 5.74) is 3.79. The molecule has 0 fully saturated rings. The summed E-state index contributed by atoms with van der Waals surface area (Å²) >= 11 is 6.16. The highest BCUT2D eigenvalue weighted by Gasteiger charge is 2.37. The number of amides is 4. The van der Waals surface area contributed by atoms with Crippen LogP contribution >= 0.6 is 11.6 Å². The molecule has 0 aliphatic carbocycles. The highest BCUT2D eigenvalue weighted by molar-refractivity contribution is 6.30. The van der Waals surface area contributed by atoms with Gasteiger partial charge in [-0.3, -0.25) is 9.59 Å². The van der Waals surface area contributed by atoms with E-state index < -0.39 is 17.6 Å². The Kier molecular flexibility index (Phi) is 8.60. The van der Waals surface area contributed by atoms with Crippen molar-refractivity contribution >= 4 is 40.8 Å². The second-order valence-corrected chi connectivity index (χ2v) is 11.1. The lowest BCUT2D eigenvalue weighted by Crippen LogP contribution is -2.53. The molecule has 4 amide bonds. The molecule has 1 aliphatic rings. The number of nitrogens with one attached hydrogen (secondary N) is 3. The minimum Gasteiger partial charge on any atom is -0.350 e. The van der Waals surface area contributed by atoms with E-state index in [4.69, 9.17) is 11.6 Å². The fourth-order valence-corrected chi connectivity index (χ4v) is 4.83. The molecule has 4 rings (SSSR count). The lowest BCUT2D eigenvalue weighted by molar-refractivity contribution is -0.125. The van der Waals surface area contributed by atoms with Crippen molar-refractivity contribution in [1.82, 2.24) is 10.6 Å². The van der Waals surface area contributed by atoms with Gasteiger partial charge in [-0.05, 0) is 75.1 Å². The van der Waals surface area contributed by atoms with Crippen LogP contribution < -0.4 is 20.9 Å². The number of rotatable bonds is 7. The number of urea groups is 1. The number of anilines is 2. The first-order valence-corrected chi connectivity index (χ1v) is 13.5. The largest absolute Gasteiger partial charge is 0.350 e. The molecule has 39 heavy (non-hydrogen) atoms. The summed E-state index contributed by atoms with van der Waals surface area (Å²) < 4.78 is 0. The van der Waals surface area contributed by atoms with E-state index in [1.165, 1.54) is 4.90 Å². The fraction of sp³-hybridized carbons (Fsp3) is 0.323. The Morgan fingerprint density at radius 3 is 2.33 bits per heavy atom. The van der Waals surface area contributed by atoms with Gasteiger partial charge in [0.1, 0.15) is 12.6 Å². The summed E-state index contributed by atoms with van der Waals surface area (Å²) in [4.78, 5) is 41.7. The number of para-hydroxylation sites is 1. The van der Waals surface area contributed by atoms with E-state index in [0.717, 1.165) is 23.1 Å². The van der Waals surface area contributed by atoms with Crippen LogP contribution in [0, 0.1) is 6.92 Å². The Labute approximate surface area is 234 Å². The zero-order chi connectivity index (χ0) is 28.2. The normalized spacial score (nSPS) is 17.2. The molecule has 0 saturated heterocycles. The summed E-state index contributed by atoms with van der Waals surface area (Å²) in [5.74, 6) is -0.826. The molecular weight excluding hydrogens is 512 g/mol. The number of aryl methyl sites for hydroxylation is 1. The molecule has 2 atom stereocenters.